The summed E-state index contributed by atoms with van der Waals surface area (Å²) in [6.07, 6.45) is 1.69. The minimum atomic E-state index is -2.17. The number of benzene rings is 3. The van der Waals surface area contributed by atoms with Crippen LogP contribution in [0.2, 0.25) is 0 Å². The molecule has 0 atom stereocenters. The molecule has 0 aromatic heterocycles. The normalized spacial score (nSPS) is 9.83. The van der Waals surface area contributed by atoms with Gasteiger partial charge in [-0.2, -0.15) is 5.75 Å². The molecule has 0 saturated carbocycles. The van der Waals surface area contributed by atoms with Gasteiger partial charge in [-0.15, -0.1) is 12.7 Å². The van der Waals surface area contributed by atoms with Crippen LogP contribution < -0.4 is 9.37 Å². The van der Waals surface area contributed by atoms with E-state index in [4.69, 9.17) is 0 Å². The van der Waals surface area contributed by atoms with Crippen molar-refractivity contribution < 1.29 is 0 Å². The van der Waals surface area contributed by atoms with Gasteiger partial charge < -0.3 is 12.6 Å². The molecule has 0 spiro atoms. The van der Waals surface area contributed by atoms with E-state index in [2.05, 4.69) is 110 Å². The molecule has 115 valence electrons. The van der Waals surface area contributed by atoms with Gasteiger partial charge in [0.15, 0.2) is 0 Å². The van der Waals surface area contributed by atoms with Crippen LogP contribution in [0, 0.1) is 0 Å². The Bertz CT molecular complexity index is 587. The van der Waals surface area contributed by atoms with E-state index in [0.29, 0.717) is 5.75 Å². The predicted octanol–water partition coefficient (Wildman–Crippen LogP) is 2.92. The van der Waals surface area contributed by atoms with Gasteiger partial charge in [-0.1, -0.05) is 0 Å². The monoisotopic (exact) mass is 512 g/mol. The van der Waals surface area contributed by atoms with Gasteiger partial charge in [0.1, 0.15) is 0 Å². The van der Waals surface area contributed by atoms with Crippen molar-refractivity contribution in [1.82, 2.24) is 0 Å². The summed E-state index contributed by atoms with van der Waals surface area (Å²) in [5, 5.41) is 0. The van der Waals surface area contributed by atoms with Crippen LogP contribution in [0.1, 0.15) is 0 Å². The molecular formula is C21H20PbS-. The molecular weight excluding hydrogens is 491 g/mol. The third-order valence-corrected chi connectivity index (χ3v) is 14.2. The van der Waals surface area contributed by atoms with Crippen molar-refractivity contribution in [2.24, 2.45) is 0 Å². The van der Waals surface area contributed by atoms with E-state index in [-0.39, 0.29) is 0 Å². The van der Waals surface area contributed by atoms with E-state index in [0.717, 1.165) is 0 Å². The molecule has 2 heteroatoms. The Balaban J connectivity index is 0.000000433. The van der Waals surface area contributed by atoms with Crippen LogP contribution in [0.4, 0.5) is 0 Å². The Morgan fingerprint density at radius 3 is 1.13 bits per heavy atom. The van der Waals surface area contributed by atoms with Crippen molar-refractivity contribution in [2.45, 2.75) is 0 Å². The topological polar surface area (TPSA) is 0 Å². The summed E-state index contributed by atoms with van der Waals surface area (Å²) in [4.78, 5) is 0. The average molecular weight is 512 g/mol. The molecule has 0 aliphatic rings. The maximum atomic E-state index is 4.44. The summed E-state index contributed by atoms with van der Waals surface area (Å²) in [5.41, 5.74) is 0. The van der Waals surface area contributed by atoms with Crippen LogP contribution in [0.15, 0.2) is 104 Å². The Labute approximate surface area is 153 Å². The van der Waals surface area contributed by atoms with Crippen LogP contribution in [-0.4, -0.2) is 28.5 Å². The van der Waals surface area contributed by atoms with Crippen LogP contribution in [-0.2, 0) is 12.6 Å². The Morgan fingerprint density at radius 2 is 0.913 bits per heavy atom. The molecule has 0 fully saturated rings. The number of hydrogen-bond acceptors (Lipinski definition) is 1. The van der Waals surface area contributed by atoms with Crippen molar-refractivity contribution in [3.05, 3.63) is 104 Å². The standard InChI is InChI=1S/3C6H5.C3H6S.Pb/c3*1-2-4-6-5-3-1;1-2-3-4;/h3*1-5H;2,4H,1,3H2;/p-1. The molecule has 3 rings (SSSR count). The van der Waals surface area contributed by atoms with Crippen molar-refractivity contribution in [2.75, 3.05) is 5.75 Å². The number of rotatable bonds is 4. The van der Waals surface area contributed by atoms with Crippen molar-refractivity contribution >= 4 is 44.7 Å². The molecule has 1 radical (unpaired) electrons. The first kappa shape index (κ1) is 18.0. The summed E-state index contributed by atoms with van der Waals surface area (Å²) in [7, 11) is 0. The van der Waals surface area contributed by atoms with E-state index in [1.54, 1.807) is 15.4 Å². The first-order chi connectivity index (χ1) is 11.4. The van der Waals surface area contributed by atoms with E-state index < -0.39 is 22.7 Å². The van der Waals surface area contributed by atoms with Gasteiger partial charge in [0.2, 0.25) is 0 Å². The molecule has 0 N–H and O–H groups in total. The summed E-state index contributed by atoms with van der Waals surface area (Å²) in [6.45, 7) is 3.38. The van der Waals surface area contributed by atoms with E-state index >= 15 is 0 Å². The predicted molar refractivity (Wildman–Crippen MR) is 106 cm³/mol. The molecule has 23 heavy (non-hydrogen) atoms. The Morgan fingerprint density at radius 1 is 0.652 bits per heavy atom. The Kier molecular flexibility index (Phi) is 8.18. The van der Waals surface area contributed by atoms with Crippen molar-refractivity contribution in [3.8, 4) is 0 Å². The second kappa shape index (κ2) is 10.4. The molecule has 0 nitrogen and oxygen atoms in total. The minimum absolute atomic E-state index is 0.667. The zero-order chi connectivity index (χ0) is 16.3. The average Bonchev–Trinajstić information content (AvgIpc) is 2.65. The summed E-state index contributed by atoms with van der Waals surface area (Å²) >= 11 is 2.26. The molecule has 0 unspecified atom stereocenters. The molecule has 0 saturated heterocycles. The first-order valence-electron chi connectivity index (χ1n) is 7.59. The van der Waals surface area contributed by atoms with Gasteiger partial charge in [-0.05, 0) is 0 Å². The zero-order valence-electron chi connectivity index (χ0n) is 13.1. The summed E-state index contributed by atoms with van der Waals surface area (Å²) in [5.74, 6) is 0.667. The molecule has 0 bridgehead atoms. The number of hydrogen-bond donors (Lipinski definition) is 0. The van der Waals surface area contributed by atoms with Gasteiger partial charge in [0, 0.05) is 0 Å². The van der Waals surface area contributed by atoms with E-state index in [1.165, 1.54) is 0 Å². The second-order valence-corrected chi connectivity index (χ2v) is 14.9. The molecule has 3 aromatic carbocycles. The van der Waals surface area contributed by atoms with Gasteiger partial charge >= 0.3 is 123 Å². The molecule has 3 aromatic rings. The van der Waals surface area contributed by atoms with Crippen LogP contribution >= 0.6 is 0 Å². The zero-order valence-corrected chi connectivity index (χ0v) is 17.8. The van der Waals surface area contributed by atoms with Crippen molar-refractivity contribution in [3.63, 3.8) is 0 Å². The quantitative estimate of drug-likeness (QED) is 0.295. The SMILES string of the molecule is C=CC[S-].c1cc[c]([Pb]([c]2ccccc2)[c]2ccccc2)cc1. The third kappa shape index (κ3) is 5.66. The molecule has 0 aliphatic heterocycles. The van der Waals surface area contributed by atoms with Gasteiger partial charge in [0.05, 0.1) is 0 Å². The van der Waals surface area contributed by atoms with Crippen molar-refractivity contribution in [1.29, 1.82) is 0 Å². The third-order valence-electron chi connectivity index (χ3n) is 3.31. The van der Waals surface area contributed by atoms with Gasteiger partial charge in [0.25, 0.3) is 0 Å². The molecule has 0 amide bonds. The maximum absolute atomic E-state index is 4.44. The fourth-order valence-corrected chi connectivity index (χ4v) is 12.3. The Hall–Kier alpha value is -1.33. The van der Waals surface area contributed by atoms with Gasteiger partial charge in [-0.3, -0.25) is 0 Å². The van der Waals surface area contributed by atoms with Crippen LogP contribution in [0.3, 0.4) is 0 Å². The first-order valence-corrected chi connectivity index (χ1v) is 14.0. The fraction of sp³-hybridized carbons (Fsp3) is 0.0476. The molecule has 0 heterocycles. The second-order valence-electron chi connectivity index (χ2n) is 4.93. The summed E-state index contributed by atoms with van der Waals surface area (Å²) in [6, 6.07) is 33.0. The fourth-order valence-electron chi connectivity index (χ4n) is 2.31. The molecule has 0 aliphatic carbocycles. The van der Waals surface area contributed by atoms with Gasteiger partial charge in [-0.25, -0.2) is 0 Å². The summed E-state index contributed by atoms with van der Waals surface area (Å²) < 4.78 is 4.64. The van der Waals surface area contributed by atoms with Crippen LogP contribution in [0.25, 0.3) is 0 Å². The van der Waals surface area contributed by atoms with E-state index in [1.807, 2.05) is 0 Å². The van der Waals surface area contributed by atoms with Crippen LogP contribution in [0.5, 0.6) is 0 Å². The van der Waals surface area contributed by atoms with E-state index in [9.17, 15) is 0 Å².